The van der Waals surface area contributed by atoms with E-state index in [2.05, 4.69) is 25.4 Å². The lowest BCUT2D eigenvalue weighted by molar-refractivity contribution is -0.122. The topological polar surface area (TPSA) is 115 Å². The van der Waals surface area contributed by atoms with E-state index >= 15 is 0 Å². The van der Waals surface area contributed by atoms with E-state index < -0.39 is 0 Å². The molecule has 1 unspecified atom stereocenters. The monoisotopic (exact) mass is 274 g/mol. The summed E-state index contributed by atoms with van der Waals surface area (Å²) in [6, 6.07) is 1.41. The summed E-state index contributed by atoms with van der Waals surface area (Å²) in [5.41, 5.74) is 5.72. The maximum atomic E-state index is 11.7. The first-order valence-corrected chi connectivity index (χ1v) is 6.21. The van der Waals surface area contributed by atoms with Gasteiger partial charge in [-0.05, 0) is 13.0 Å². The van der Waals surface area contributed by atoms with Crippen molar-refractivity contribution in [3.8, 4) is 5.95 Å². The van der Waals surface area contributed by atoms with Crippen LogP contribution in [0.1, 0.15) is 6.92 Å². The second kappa shape index (κ2) is 4.76. The van der Waals surface area contributed by atoms with Crippen molar-refractivity contribution in [2.45, 2.75) is 13.0 Å². The Morgan fingerprint density at radius 1 is 1.35 bits per heavy atom. The van der Waals surface area contributed by atoms with Crippen LogP contribution in [0.5, 0.6) is 0 Å². The molecule has 0 aromatic carbocycles. The van der Waals surface area contributed by atoms with Gasteiger partial charge >= 0.3 is 0 Å². The highest BCUT2D eigenvalue weighted by Gasteiger charge is 2.28. The fourth-order valence-corrected chi connectivity index (χ4v) is 2.04. The summed E-state index contributed by atoms with van der Waals surface area (Å²) in [6.07, 6.45) is 3.33. The zero-order chi connectivity index (χ0) is 14.1. The van der Waals surface area contributed by atoms with Crippen LogP contribution in [0.2, 0.25) is 0 Å². The molecule has 0 aliphatic carbocycles. The van der Waals surface area contributed by atoms with Crippen molar-refractivity contribution in [2.75, 3.05) is 23.7 Å². The molecular formula is C11H14N8O. The number of rotatable bonds is 2. The molecule has 0 bridgehead atoms. The van der Waals surface area contributed by atoms with Crippen molar-refractivity contribution in [2.24, 2.45) is 0 Å². The van der Waals surface area contributed by atoms with Gasteiger partial charge < -0.3 is 16.0 Å². The number of hydrogen-bond acceptors (Lipinski definition) is 7. The van der Waals surface area contributed by atoms with Gasteiger partial charge in [0.2, 0.25) is 17.8 Å². The predicted molar refractivity (Wildman–Crippen MR) is 71.2 cm³/mol. The van der Waals surface area contributed by atoms with E-state index in [1.165, 1.54) is 4.68 Å². The Balaban J connectivity index is 1.99. The van der Waals surface area contributed by atoms with E-state index in [-0.39, 0.29) is 17.9 Å². The molecule has 1 aliphatic rings. The fraction of sp³-hybridized carbons (Fsp3) is 0.364. The van der Waals surface area contributed by atoms with Gasteiger partial charge in [-0.1, -0.05) is 0 Å². The minimum atomic E-state index is -0.351. The van der Waals surface area contributed by atoms with Gasteiger partial charge in [-0.2, -0.15) is 20.1 Å². The first kappa shape index (κ1) is 12.3. The first-order chi connectivity index (χ1) is 9.65. The van der Waals surface area contributed by atoms with Gasteiger partial charge in [0.15, 0.2) is 0 Å². The van der Waals surface area contributed by atoms with Gasteiger partial charge in [0.25, 0.3) is 5.95 Å². The molecule has 3 rings (SSSR count). The van der Waals surface area contributed by atoms with Gasteiger partial charge in [0.1, 0.15) is 6.04 Å². The summed E-state index contributed by atoms with van der Waals surface area (Å²) >= 11 is 0. The average Bonchev–Trinajstić information content (AvgIpc) is 2.95. The molecule has 20 heavy (non-hydrogen) atoms. The van der Waals surface area contributed by atoms with E-state index in [4.69, 9.17) is 5.73 Å². The Hall–Kier alpha value is -2.71. The molecule has 3 N–H and O–H groups in total. The Labute approximate surface area is 114 Å². The summed E-state index contributed by atoms with van der Waals surface area (Å²) in [5, 5.41) is 6.85. The molecule has 1 aliphatic heterocycles. The standard InChI is InChI=1S/C11H14N8O/c1-7-8(20)13-4-6-18(7)10-15-9(12)16-11(17-10)19-5-2-3-14-19/h2-3,5,7H,4,6H2,1H3,(H,13,20)(H2,12,15,16,17). The van der Waals surface area contributed by atoms with Crippen molar-refractivity contribution >= 4 is 17.8 Å². The number of nitrogens with one attached hydrogen (secondary N) is 1. The summed E-state index contributed by atoms with van der Waals surface area (Å²) < 4.78 is 1.50. The Morgan fingerprint density at radius 2 is 2.15 bits per heavy atom. The van der Waals surface area contributed by atoms with Gasteiger partial charge in [-0.25, -0.2) is 4.68 Å². The van der Waals surface area contributed by atoms with Crippen LogP contribution in [0.3, 0.4) is 0 Å². The lowest BCUT2D eigenvalue weighted by Crippen LogP contribution is -2.54. The Bertz CT molecular complexity index is 625. The molecule has 104 valence electrons. The largest absolute Gasteiger partial charge is 0.368 e. The van der Waals surface area contributed by atoms with Gasteiger partial charge in [0, 0.05) is 25.5 Å². The summed E-state index contributed by atoms with van der Waals surface area (Å²) in [7, 11) is 0. The van der Waals surface area contributed by atoms with E-state index in [1.807, 2.05) is 0 Å². The van der Waals surface area contributed by atoms with Crippen LogP contribution < -0.4 is 16.0 Å². The number of aromatic nitrogens is 5. The van der Waals surface area contributed by atoms with Crippen LogP contribution in [0.25, 0.3) is 5.95 Å². The Kier molecular flexibility index (Phi) is 2.93. The van der Waals surface area contributed by atoms with Gasteiger partial charge in [-0.15, -0.1) is 0 Å². The minimum Gasteiger partial charge on any atom is -0.368 e. The van der Waals surface area contributed by atoms with Crippen LogP contribution in [0, 0.1) is 0 Å². The van der Waals surface area contributed by atoms with Crippen LogP contribution in [0.15, 0.2) is 18.5 Å². The highest BCUT2D eigenvalue weighted by atomic mass is 16.2. The maximum absolute atomic E-state index is 11.7. The third kappa shape index (κ3) is 2.13. The van der Waals surface area contributed by atoms with E-state index in [1.54, 1.807) is 30.3 Å². The number of nitrogen functional groups attached to an aromatic ring is 1. The molecule has 1 fully saturated rings. The highest BCUT2D eigenvalue weighted by molar-refractivity contribution is 5.85. The van der Waals surface area contributed by atoms with Crippen LogP contribution in [-0.4, -0.2) is 49.8 Å². The third-order valence-electron chi connectivity index (χ3n) is 3.09. The molecule has 0 spiro atoms. The Morgan fingerprint density at radius 3 is 2.90 bits per heavy atom. The fourth-order valence-electron chi connectivity index (χ4n) is 2.04. The zero-order valence-corrected chi connectivity index (χ0v) is 10.9. The number of nitrogens with two attached hydrogens (primary N) is 1. The maximum Gasteiger partial charge on any atom is 0.257 e. The molecule has 9 nitrogen and oxygen atoms in total. The number of carbonyl (C=O) groups is 1. The summed E-state index contributed by atoms with van der Waals surface area (Å²) in [4.78, 5) is 26.0. The molecule has 1 amide bonds. The molecule has 2 aromatic rings. The van der Waals surface area contributed by atoms with Crippen molar-refractivity contribution in [3.05, 3.63) is 18.5 Å². The summed E-state index contributed by atoms with van der Waals surface area (Å²) in [5.74, 6) is 0.746. The number of hydrogen-bond donors (Lipinski definition) is 2. The molecule has 0 radical (unpaired) electrons. The molecule has 1 atom stereocenters. The number of carbonyl (C=O) groups excluding carboxylic acids is 1. The van der Waals surface area contributed by atoms with Crippen LogP contribution >= 0.6 is 0 Å². The van der Waals surface area contributed by atoms with Gasteiger partial charge in [-0.3, -0.25) is 4.79 Å². The second-order valence-electron chi connectivity index (χ2n) is 4.40. The SMILES string of the molecule is CC1C(=O)NCCN1c1nc(N)nc(-n2cccn2)n1. The normalized spacial score (nSPS) is 18.9. The van der Waals surface area contributed by atoms with Crippen molar-refractivity contribution < 1.29 is 4.79 Å². The number of amides is 1. The van der Waals surface area contributed by atoms with Crippen molar-refractivity contribution in [3.63, 3.8) is 0 Å². The number of anilines is 2. The van der Waals surface area contributed by atoms with Crippen molar-refractivity contribution in [1.29, 1.82) is 0 Å². The van der Waals surface area contributed by atoms with Crippen LogP contribution in [-0.2, 0) is 4.79 Å². The quantitative estimate of drug-likeness (QED) is 0.719. The highest BCUT2D eigenvalue weighted by Crippen LogP contribution is 2.15. The lowest BCUT2D eigenvalue weighted by Gasteiger charge is -2.32. The molecule has 2 aromatic heterocycles. The van der Waals surface area contributed by atoms with E-state index in [0.717, 1.165) is 0 Å². The zero-order valence-electron chi connectivity index (χ0n) is 10.9. The van der Waals surface area contributed by atoms with Gasteiger partial charge in [0.05, 0.1) is 0 Å². The van der Waals surface area contributed by atoms with E-state index in [0.29, 0.717) is 25.0 Å². The number of nitrogens with zero attached hydrogens (tertiary/aromatic N) is 6. The molecule has 3 heterocycles. The third-order valence-corrected chi connectivity index (χ3v) is 3.09. The average molecular weight is 274 g/mol. The second-order valence-corrected chi connectivity index (χ2v) is 4.40. The van der Waals surface area contributed by atoms with E-state index in [9.17, 15) is 4.79 Å². The molecular weight excluding hydrogens is 260 g/mol. The molecule has 0 saturated carbocycles. The first-order valence-electron chi connectivity index (χ1n) is 6.21. The lowest BCUT2D eigenvalue weighted by atomic mass is 10.2. The molecule has 1 saturated heterocycles. The van der Waals surface area contributed by atoms with Crippen LogP contribution in [0.4, 0.5) is 11.9 Å². The number of piperazine rings is 1. The summed E-state index contributed by atoms with van der Waals surface area (Å²) in [6.45, 7) is 2.96. The smallest absolute Gasteiger partial charge is 0.257 e. The minimum absolute atomic E-state index is 0.0594. The molecule has 9 heteroatoms. The van der Waals surface area contributed by atoms with Crippen molar-refractivity contribution in [1.82, 2.24) is 30.0 Å². The predicted octanol–water partition coefficient (Wildman–Crippen LogP) is -1.04.